The fourth-order valence-electron chi connectivity index (χ4n) is 1.71. The van der Waals surface area contributed by atoms with Gasteiger partial charge in [-0.25, -0.2) is 9.59 Å². The molecule has 0 heterocycles. The van der Waals surface area contributed by atoms with Gasteiger partial charge >= 0.3 is 11.9 Å². The third kappa shape index (κ3) is 3.65. The number of hydrogen-bond acceptors (Lipinski definition) is 6. The molecule has 8 nitrogen and oxygen atoms in total. The van der Waals surface area contributed by atoms with Crippen LogP contribution in [0.25, 0.3) is 0 Å². The first-order valence-corrected chi connectivity index (χ1v) is 7.49. The Hall–Kier alpha value is -2.91. The summed E-state index contributed by atoms with van der Waals surface area (Å²) < 4.78 is 36.2. The van der Waals surface area contributed by atoms with E-state index < -0.39 is 44.0 Å². The topological polar surface area (TPSA) is 138 Å². The number of carboxylic acid groups (broad SMARTS) is 1. The fraction of sp³-hybridized carbons (Fsp3) is 0. The molecule has 0 fully saturated rings. The standard InChI is InChI=1S/C14H10O8S/c15-12-10(13(16)17)6-9(23(19,20)21)7-11(12)22-14(18)8-4-2-1-3-5-8/h1-7,15H,(H,16,17)(H,19,20,21). The molecule has 0 spiro atoms. The minimum Gasteiger partial charge on any atom is -0.504 e. The summed E-state index contributed by atoms with van der Waals surface area (Å²) in [4.78, 5) is 22.1. The van der Waals surface area contributed by atoms with Gasteiger partial charge in [0, 0.05) is 6.07 Å². The number of benzene rings is 2. The molecule has 2 rings (SSSR count). The van der Waals surface area contributed by atoms with Gasteiger partial charge in [-0.05, 0) is 18.2 Å². The second-order valence-electron chi connectivity index (χ2n) is 4.35. The molecular formula is C14H10O8S. The molecule has 2 aromatic rings. The lowest BCUT2D eigenvalue weighted by Gasteiger charge is -2.10. The Morgan fingerprint density at radius 2 is 1.65 bits per heavy atom. The Morgan fingerprint density at radius 1 is 1.04 bits per heavy atom. The van der Waals surface area contributed by atoms with Gasteiger partial charge in [-0.2, -0.15) is 8.42 Å². The van der Waals surface area contributed by atoms with Crippen LogP contribution in [-0.2, 0) is 10.1 Å². The summed E-state index contributed by atoms with van der Waals surface area (Å²) >= 11 is 0. The molecule has 0 bridgehead atoms. The van der Waals surface area contributed by atoms with Crippen LogP contribution >= 0.6 is 0 Å². The van der Waals surface area contributed by atoms with Crippen molar-refractivity contribution in [2.24, 2.45) is 0 Å². The van der Waals surface area contributed by atoms with Crippen LogP contribution in [0, 0.1) is 0 Å². The normalized spacial score (nSPS) is 11.0. The molecule has 0 aliphatic heterocycles. The van der Waals surface area contributed by atoms with Gasteiger partial charge in [-0.1, -0.05) is 18.2 Å². The van der Waals surface area contributed by atoms with Crippen LogP contribution in [0.2, 0.25) is 0 Å². The summed E-state index contributed by atoms with van der Waals surface area (Å²) in [6.45, 7) is 0. The first-order chi connectivity index (χ1) is 10.7. The molecular weight excluding hydrogens is 328 g/mol. The number of aromatic hydroxyl groups is 1. The minimum atomic E-state index is -4.76. The van der Waals surface area contributed by atoms with E-state index in [-0.39, 0.29) is 5.56 Å². The van der Waals surface area contributed by atoms with E-state index in [2.05, 4.69) is 0 Å². The average molecular weight is 338 g/mol. The number of phenols is 1. The van der Waals surface area contributed by atoms with Crippen molar-refractivity contribution in [3.63, 3.8) is 0 Å². The molecule has 0 unspecified atom stereocenters. The number of carbonyl (C=O) groups is 2. The molecule has 23 heavy (non-hydrogen) atoms. The highest BCUT2D eigenvalue weighted by Crippen LogP contribution is 2.34. The van der Waals surface area contributed by atoms with E-state index in [1.54, 1.807) is 18.2 Å². The molecule has 0 aliphatic rings. The van der Waals surface area contributed by atoms with Crippen molar-refractivity contribution < 1.29 is 37.5 Å². The SMILES string of the molecule is O=C(Oc1cc(S(=O)(=O)O)cc(C(=O)O)c1O)c1ccccc1. The van der Waals surface area contributed by atoms with E-state index in [1.807, 2.05) is 0 Å². The molecule has 9 heteroatoms. The highest BCUT2D eigenvalue weighted by molar-refractivity contribution is 7.85. The van der Waals surface area contributed by atoms with Crippen LogP contribution in [0.5, 0.6) is 11.5 Å². The van der Waals surface area contributed by atoms with Crippen molar-refractivity contribution in [3.05, 3.63) is 53.6 Å². The number of carboxylic acids is 1. The first kappa shape index (κ1) is 16.5. The van der Waals surface area contributed by atoms with Crippen LogP contribution in [0.4, 0.5) is 0 Å². The van der Waals surface area contributed by atoms with E-state index in [9.17, 15) is 23.1 Å². The Kier molecular flexibility index (Phi) is 4.34. The van der Waals surface area contributed by atoms with E-state index in [4.69, 9.17) is 14.4 Å². The average Bonchev–Trinajstić information content (AvgIpc) is 2.48. The molecule has 3 N–H and O–H groups in total. The maximum absolute atomic E-state index is 11.9. The van der Waals surface area contributed by atoms with E-state index in [0.717, 1.165) is 0 Å². The molecule has 120 valence electrons. The Morgan fingerprint density at radius 3 is 2.17 bits per heavy atom. The van der Waals surface area contributed by atoms with Crippen molar-refractivity contribution in [1.29, 1.82) is 0 Å². The third-order valence-electron chi connectivity index (χ3n) is 2.79. The Balaban J connectivity index is 2.51. The number of ether oxygens (including phenoxy) is 1. The van der Waals surface area contributed by atoms with Gasteiger partial charge in [0.2, 0.25) is 0 Å². The van der Waals surface area contributed by atoms with E-state index in [0.29, 0.717) is 12.1 Å². The van der Waals surface area contributed by atoms with Crippen molar-refractivity contribution in [2.45, 2.75) is 4.90 Å². The Bertz CT molecular complexity index is 871. The minimum absolute atomic E-state index is 0.0982. The lowest BCUT2D eigenvalue weighted by atomic mass is 10.2. The smallest absolute Gasteiger partial charge is 0.343 e. The second kappa shape index (κ2) is 6.07. The highest BCUT2D eigenvalue weighted by atomic mass is 32.2. The summed E-state index contributed by atoms with van der Waals surface area (Å²) in [5.74, 6) is -4.24. The molecule has 2 aromatic carbocycles. The molecule has 0 aliphatic carbocycles. The summed E-state index contributed by atoms with van der Waals surface area (Å²) in [6, 6.07) is 8.76. The number of hydrogen-bond donors (Lipinski definition) is 3. The zero-order valence-electron chi connectivity index (χ0n) is 11.3. The lowest BCUT2D eigenvalue weighted by molar-refractivity contribution is 0.0680. The van der Waals surface area contributed by atoms with Gasteiger partial charge in [0.15, 0.2) is 11.5 Å². The quantitative estimate of drug-likeness (QED) is 0.434. The van der Waals surface area contributed by atoms with Crippen molar-refractivity contribution in [1.82, 2.24) is 0 Å². The monoisotopic (exact) mass is 338 g/mol. The van der Waals surface area contributed by atoms with Gasteiger partial charge in [0.05, 0.1) is 10.5 Å². The van der Waals surface area contributed by atoms with Crippen LogP contribution in [0.1, 0.15) is 20.7 Å². The van der Waals surface area contributed by atoms with Gasteiger partial charge in [-0.15, -0.1) is 0 Å². The fourth-order valence-corrected chi connectivity index (χ4v) is 2.23. The maximum atomic E-state index is 11.9. The summed E-state index contributed by atoms with van der Waals surface area (Å²) in [5.41, 5.74) is -0.739. The van der Waals surface area contributed by atoms with Crippen LogP contribution in [0.3, 0.4) is 0 Å². The number of carbonyl (C=O) groups excluding carboxylic acids is 1. The number of aromatic carboxylic acids is 1. The number of esters is 1. The molecule has 0 aromatic heterocycles. The first-order valence-electron chi connectivity index (χ1n) is 6.05. The molecule has 0 amide bonds. The highest BCUT2D eigenvalue weighted by Gasteiger charge is 2.23. The molecule has 0 saturated heterocycles. The zero-order valence-corrected chi connectivity index (χ0v) is 12.1. The van der Waals surface area contributed by atoms with Crippen molar-refractivity contribution in [2.75, 3.05) is 0 Å². The number of rotatable bonds is 4. The molecule has 0 atom stereocenters. The van der Waals surface area contributed by atoms with Gasteiger partial charge in [-0.3, -0.25) is 4.55 Å². The summed E-state index contributed by atoms with van der Waals surface area (Å²) in [5, 5.41) is 18.8. The van der Waals surface area contributed by atoms with Gasteiger partial charge in [0.1, 0.15) is 5.56 Å². The van der Waals surface area contributed by atoms with Crippen LogP contribution < -0.4 is 4.74 Å². The van der Waals surface area contributed by atoms with E-state index in [1.165, 1.54) is 12.1 Å². The molecule has 0 saturated carbocycles. The van der Waals surface area contributed by atoms with Crippen LogP contribution in [-0.4, -0.2) is 35.1 Å². The predicted molar refractivity (Wildman–Crippen MR) is 76.3 cm³/mol. The summed E-state index contributed by atoms with van der Waals surface area (Å²) in [6.07, 6.45) is 0. The van der Waals surface area contributed by atoms with Gasteiger partial charge < -0.3 is 14.9 Å². The van der Waals surface area contributed by atoms with Crippen molar-refractivity contribution >= 4 is 22.1 Å². The molecule has 0 radical (unpaired) electrons. The third-order valence-corrected chi connectivity index (χ3v) is 3.62. The lowest BCUT2D eigenvalue weighted by Crippen LogP contribution is -2.11. The maximum Gasteiger partial charge on any atom is 0.343 e. The Labute approximate surface area is 130 Å². The summed E-state index contributed by atoms with van der Waals surface area (Å²) in [7, 11) is -4.76. The van der Waals surface area contributed by atoms with E-state index >= 15 is 0 Å². The zero-order chi connectivity index (χ0) is 17.2. The van der Waals surface area contributed by atoms with Gasteiger partial charge in [0.25, 0.3) is 10.1 Å². The predicted octanol–water partition coefficient (Wildman–Crippen LogP) is 1.56. The van der Waals surface area contributed by atoms with Crippen LogP contribution in [0.15, 0.2) is 47.4 Å². The second-order valence-corrected chi connectivity index (χ2v) is 5.77. The van der Waals surface area contributed by atoms with Crippen molar-refractivity contribution in [3.8, 4) is 11.5 Å². The largest absolute Gasteiger partial charge is 0.504 e.